The molecular formula is C8H14F3NO4S. The lowest BCUT2D eigenvalue weighted by molar-refractivity contribution is -0.192. The van der Waals surface area contributed by atoms with E-state index in [-0.39, 0.29) is 18.1 Å². The fourth-order valence-electron chi connectivity index (χ4n) is 0.961. The van der Waals surface area contributed by atoms with E-state index in [2.05, 4.69) is 5.32 Å². The van der Waals surface area contributed by atoms with Crippen LogP contribution < -0.4 is 5.32 Å². The second-order valence-electron chi connectivity index (χ2n) is 3.37. The van der Waals surface area contributed by atoms with Crippen molar-refractivity contribution in [2.24, 2.45) is 5.92 Å². The molecule has 2 N–H and O–H groups in total. The van der Waals surface area contributed by atoms with Crippen LogP contribution in [0.15, 0.2) is 0 Å². The fraction of sp³-hybridized carbons (Fsp3) is 0.875. The molecule has 0 spiro atoms. The Balaban J connectivity index is 4.14. The summed E-state index contributed by atoms with van der Waals surface area (Å²) in [5, 5.41) is 10.5. The SMILES string of the molecule is CCS(=O)(=O)CCNCC(C(=O)O)C(F)(F)F. The number of carboxylic acids is 1. The molecule has 0 aliphatic heterocycles. The van der Waals surface area contributed by atoms with Crippen LogP contribution in [-0.2, 0) is 14.6 Å². The first kappa shape index (κ1) is 16.2. The second-order valence-corrected chi connectivity index (χ2v) is 5.85. The third-order valence-electron chi connectivity index (χ3n) is 2.07. The minimum Gasteiger partial charge on any atom is -0.481 e. The van der Waals surface area contributed by atoms with Gasteiger partial charge in [-0.15, -0.1) is 0 Å². The largest absolute Gasteiger partial charge is 0.481 e. The van der Waals surface area contributed by atoms with Crippen molar-refractivity contribution < 1.29 is 31.5 Å². The lowest BCUT2D eigenvalue weighted by Crippen LogP contribution is -2.40. The van der Waals surface area contributed by atoms with Gasteiger partial charge in [0.15, 0.2) is 15.8 Å². The van der Waals surface area contributed by atoms with Crippen LogP contribution in [0.2, 0.25) is 0 Å². The van der Waals surface area contributed by atoms with Gasteiger partial charge in [-0.1, -0.05) is 6.92 Å². The summed E-state index contributed by atoms with van der Waals surface area (Å²) < 4.78 is 58.5. The predicted octanol–water partition coefficient (Wildman–Crippen LogP) is 0.274. The lowest BCUT2D eigenvalue weighted by atomic mass is 10.1. The van der Waals surface area contributed by atoms with Crippen LogP contribution in [0.3, 0.4) is 0 Å². The molecule has 17 heavy (non-hydrogen) atoms. The van der Waals surface area contributed by atoms with Crippen LogP contribution in [-0.4, -0.2) is 50.3 Å². The Morgan fingerprint density at radius 1 is 1.41 bits per heavy atom. The molecule has 0 bridgehead atoms. The highest BCUT2D eigenvalue weighted by molar-refractivity contribution is 7.91. The molecule has 1 unspecified atom stereocenters. The first-order valence-corrected chi connectivity index (χ1v) is 6.63. The molecule has 1 atom stereocenters. The molecule has 0 rings (SSSR count). The Morgan fingerprint density at radius 2 is 1.94 bits per heavy atom. The highest BCUT2D eigenvalue weighted by Gasteiger charge is 2.44. The molecule has 0 amide bonds. The van der Waals surface area contributed by atoms with Crippen molar-refractivity contribution in [2.75, 3.05) is 24.6 Å². The first-order valence-electron chi connectivity index (χ1n) is 4.81. The molecule has 0 saturated carbocycles. The summed E-state index contributed by atoms with van der Waals surface area (Å²) in [5.41, 5.74) is 0. The zero-order chi connectivity index (χ0) is 13.7. The summed E-state index contributed by atoms with van der Waals surface area (Å²) in [4.78, 5) is 10.3. The van der Waals surface area contributed by atoms with E-state index in [9.17, 15) is 26.4 Å². The third-order valence-corrected chi connectivity index (χ3v) is 3.78. The fourth-order valence-corrected chi connectivity index (χ4v) is 1.71. The quantitative estimate of drug-likeness (QED) is 0.653. The van der Waals surface area contributed by atoms with E-state index in [1.807, 2.05) is 0 Å². The zero-order valence-corrected chi connectivity index (χ0v) is 9.94. The monoisotopic (exact) mass is 277 g/mol. The van der Waals surface area contributed by atoms with Gasteiger partial charge in [0.25, 0.3) is 0 Å². The Bertz CT molecular complexity index is 352. The van der Waals surface area contributed by atoms with Crippen LogP contribution in [0.5, 0.6) is 0 Å². The molecule has 9 heteroatoms. The standard InChI is InChI=1S/C8H14F3NO4S/c1-2-17(15,16)4-3-12-5-6(7(13)14)8(9,10)11/h6,12H,2-5H2,1H3,(H,13,14). The number of carbonyl (C=O) groups is 1. The minimum absolute atomic E-state index is 0.101. The van der Waals surface area contributed by atoms with Crippen molar-refractivity contribution in [1.29, 1.82) is 0 Å². The van der Waals surface area contributed by atoms with Crippen LogP contribution in [0.4, 0.5) is 13.2 Å². The number of hydrogen-bond acceptors (Lipinski definition) is 4. The maximum atomic E-state index is 12.2. The summed E-state index contributed by atoms with van der Waals surface area (Å²) in [6, 6.07) is 0. The topological polar surface area (TPSA) is 83.5 Å². The summed E-state index contributed by atoms with van der Waals surface area (Å²) >= 11 is 0. The minimum atomic E-state index is -4.84. The molecule has 0 saturated heterocycles. The second kappa shape index (κ2) is 6.20. The summed E-state index contributed by atoms with van der Waals surface area (Å²) in [6.45, 7) is 0.388. The lowest BCUT2D eigenvalue weighted by Gasteiger charge is -2.16. The number of carboxylic acid groups (broad SMARTS) is 1. The molecule has 102 valence electrons. The normalized spacial score (nSPS) is 14.6. The summed E-state index contributed by atoms with van der Waals surface area (Å²) in [6.07, 6.45) is -4.84. The third kappa shape index (κ3) is 6.47. The van der Waals surface area contributed by atoms with Gasteiger partial charge in [-0.05, 0) is 0 Å². The van der Waals surface area contributed by atoms with Gasteiger partial charge in [-0.3, -0.25) is 4.79 Å². The van der Waals surface area contributed by atoms with Crippen LogP contribution in [0.25, 0.3) is 0 Å². The van der Waals surface area contributed by atoms with Gasteiger partial charge in [0, 0.05) is 18.8 Å². The van der Waals surface area contributed by atoms with Gasteiger partial charge in [0.2, 0.25) is 0 Å². The smallest absolute Gasteiger partial charge is 0.403 e. The van der Waals surface area contributed by atoms with Crippen molar-refractivity contribution in [2.45, 2.75) is 13.1 Å². The zero-order valence-electron chi connectivity index (χ0n) is 9.12. The maximum absolute atomic E-state index is 12.2. The molecule has 5 nitrogen and oxygen atoms in total. The van der Waals surface area contributed by atoms with Gasteiger partial charge in [-0.25, -0.2) is 8.42 Å². The number of sulfone groups is 1. The molecule has 0 aromatic rings. The highest BCUT2D eigenvalue weighted by Crippen LogP contribution is 2.25. The van der Waals surface area contributed by atoms with Crippen LogP contribution >= 0.6 is 0 Å². The Labute approximate surface area is 96.9 Å². The summed E-state index contributed by atoms with van der Waals surface area (Å²) in [5.74, 6) is -4.92. The van der Waals surface area contributed by atoms with E-state index in [4.69, 9.17) is 5.11 Å². The van der Waals surface area contributed by atoms with Gasteiger partial charge >= 0.3 is 12.1 Å². The number of aliphatic carboxylic acids is 1. The van der Waals surface area contributed by atoms with E-state index < -0.39 is 34.4 Å². The van der Waals surface area contributed by atoms with Crippen molar-refractivity contribution >= 4 is 15.8 Å². The molecule has 0 fully saturated rings. The average molecular weight is 277 g/mol. The van der Waals surface area contributed by atoms with Crippen LogP contribution in [0, 0.1) is 5.92 Å². The average Bonchev–Trinajstić information content (AvgIpc) is 2.14. The molecule has 0 radical (unpaired) electrons. The van der Waals surface area contributed by atoms with E-state index in [0.717, 1.165) is 0 Å². The highest BCUT2D eigenvalue weighted by atomic mass is 32.2. The number of halogens is 3. The number of rotatable bonds is 7. The Kier molecular flexibility index (Phi) is 5.89. The molecule has 0 aliphatic rings. The van der Waals surface area contributed by atoms with Gasteiger partial charge in [0.1, 0.15) is 0 Å². The van der Waals surface area contributed by atoms with Gasteiger partial charge < -0.3 is 10.4 Å². The van der Waals surface area contributed by atoms with Gasteiger partial charge in [0.05, 0.1) is 5.75 Å². The van der Waals surface area contributed by atoms with Crippen molar-refractivity contribution in [3.8, 4) is 0 Å². The Morgan fingerprint density at radius 3 is 2.29 bits per heavy atom. The number of nitrogens with one attached hydrogen (secondary N) is 1. The molecular weight excluding hydrogens is 263 g/mol. The van der Waals surface area contributed by atoms with E-state index in [1.165, 1.54) is 6.92 Å². The molecule has 0 aromatic carbocycles. The van der Waals surface area contributed by atoms with Crippen LogP contribution in [0.1, 0.15) is 6.92 Å². The van der Waals surface area contributed by atoms with Crippen molar-refractivity contribution in [3.63, 3.8) is 0 Å². The molecule has 0 heterocycles. The maximum Gasteiger partial charge on any atom is 0.403 e. The van der Waals surface area contributed by atoms with E-state index in [1.54, 1.807) is 0 Å². The Hall–Kier alpha value is -0.830. The number of hydrogen-bond donors (Lipinski definition) is 2. The van der Waals surface area contributed by atoms with Gasteiger partial charge in [-0.2, -0.15) is 13.2 Å². The molecule has 0 aromatic heterocycles. The van der Waals surface area contributed by atoms with E-state index >= 15 is 0 Å². The van der Waals surface area contributed by atoms with E-state index in [0.29, 0.717) is 0 Å². The summed E-state index contributed by atoms with van der Waals surface area (Å²) in [7, 11) is -3.26. The predicted molar refractivity (Wildman–Crippen MR) is 54.4 cm³/mol. The van der Waals surface area contributed by atoms with Crippen molar-refractivity contribution in [3.05, 3.63) is 0 Å². The first-order chi connectivity index (χ1) is 7.60. The molecule has 0 aliphatic carbocycles. The number of alkyl halides is 3. The van der Waals surface area contributed by atoms with Crippen molar-refractivity contribution in [1.82, 2.24) is 5.32 Å².